The van der Waals surface area contributed by atoms with Crippen LogP contribution >= 0.6 is 11.3 Å². The highest BCUT2D eigenvalue weighted by atomic mass is 32.1. The fourth-order valence-electron chi connectivity index (χ4n) is 7.36. The summed E-state index contributed by atoms with van der Waals surface area (Å²) in [5.41, 5.74) is 9.72. The minimum Gasteiger partial charge on any atom is -0.454 e. The summed E-state index contributed by atoms with van der Waals surface area (Å²) >= 11 is 1.84. The van der Waals surface area contributed by atoms with Crippen LogP contribution in [0.3, 0.4) is 0 Å². The van der Waals surface area contributed by atoms with Crippen LogP contribution in [0.5, 0.6) is 0 Å². The van der Waals surface area contributed by atoms with Gasteiger partial charge in [-0.25, -0.2) is 0 Å². The van der Waals surface area contributed by atoms with Crippen LogP contribution in [0.2, 0.25) is 0 Å². The Balaban J connectivity index is 1.16. The lowest BCUT2D eigenvalue weighted by molar-refractivity contribution is 0.669. The molecule has 2 heterocycles. The molecule has 0 aliphatic rings. The predicted molar refractivity (Wildman–Crippen MR) is 210 cm³/mol. The number of furan rings is 1. The van der Waals surface area contributed by atoms with Crippen LogP contribution in [0, 0.1) is 0 Å². The highest BCUT2D eigenvalue weighted by Gasteiger charge is 2.21. The van der Waals surface area contributed by atoms with Crippen LogP contribution in [0.15, 0.2) is 180 Å². The van der Waals surface area contributed by atoms with E-state index in [-0.39, 0.29) is 0 Å². The lowest BCUT2D eigenvalue weighted by atomic mass is 9.95. The fourth-order valence-corrected chi connectivity index (χ4v) is 8.50. The van der Waals surface area contributed by atoms with Gasteiger partial charge in [0.05, 0.1) is 5.69 Å². The number of fused-ring (bicyclic) bond motifs is 7. The molecule has 0 saturated carbocycles. The molecule has 0 unspecified atom stereocenters. The molecule has 10 rings (SSSR count). The number of hydrogen-bond acceptors (Lipinski definition) is 3. The monoisotopic (exact) mass is 643 g/mol. The van der Waals surface area contributed by atoms with Gasteiger partial charge in [-0.3, -0.25) is 0 Å². The number of thiophene rings is 1. The zero-order valence-electron chi connectivity index (χ0n) is 26.5. The van der Waals surface area contributed by atoms with Crippen LogP contribution in [-0.2, 0) is 0 Å². The smallest absolute Gasteiger partial charge is 0.159 e. The van der Waals surface area contributed by atoms with Gasteiger partial charge < -0.3 is 9.32 Å². The van der Waals surface area contributed by atoms with E-state index in [0.29, 0.717) is 0 Å². The molecule has 0 spiro atoms. The molecule has 0 saturated heterocycles. The Kier molecular flexibility index (Phi) is 6.39. The molecule has 230 valence electrons. The molecule has 0 amide bonds. The largest absolute Gasteiger partial charge is 0.454 e. The van der Waals surface area contributed by atoms with Gasteiger partial charge in [0.25, 0.3) is 0 Å². The van der Waals surface area contributed by atoms with Crippen molar-refractivity contribution in [1.29, 1.82) is 0 Å². The van der Waals surface area contributed by atoms with Gasteiger partial charge in [-0.2, -0.15) is 0 Å². The second kappa shape index (κ2) is 11.2. The summed E-state index contributed by atoms with van der Waals surface area (Å²) in [4.78, 5) is 2.35. The highest BCUT2D eigenvalue weighted by Crippen LogP contribution is 2.45. The molecule has 0 N–H and O–H groups in total. The summed E-state index contributed by atoms with van der Waals surface area (Å²) in [5.74, 6) is 0. The summed E-state index contributed by atoms with van der Waals surface area (Å²) in [6.07, 6.45) is 0. The number of para-hydroxylation sites is 2. The number of anilines is 3. The van der Waals surface area contributed by atoms with Gasteiger partial charge in [-0.1, -0.05) is 127 Å². The number of hydrogen-bond donors (Lipinski definition) is 0. The molecule has 2 nitrogen and oxygen atoms in total. The van der Waals surface area contributed by atoms with Gasteiger partial charge in [0, 0.05) is 42.3 Å². The predicted octanol–water partition coefficient (Wildman–Crippen LogP) is 13.9. The molecule has 0 bridgehead atoms. The van der Waals surface area contributed by atoms with Crippen molar-refractivity contribution in [2.45, 2.75) is 0 Å². The Hall–Kier alpha value is -6.16. The molecule has 2 aromatic heterocycles. The molecule has 8 aromatic carbocycles. The summed E-state index contributed by atoms with van der Waals surface area (Å²) in [7, 11) is 0. The van der Waals surface area contributed by atoms with Gasteiger partial charge in [0.2, 0.25) is 0 Å². The maximum atomic E-state index is 6.62. The third kappa shape index (κ3) is 4.62. The first-order valence-corrected chi connectivity index (χ1v) is 17.4. The van der Waals surface area contributed by atoms with Crippen LogP contribution in [-0.4, -0.2) is 0 Å². The zero-order valence-corrected chi connectivity index (χ0v) is 27.3. The lowest BCUT2D eigenvalue weighted by Crippen LogP contribution is -2.10. The normalized spacial score (nSPS) is 11.7. The average Bonchev–Trinajstić information content (AvgIpc) is 3.74. The first-order chi connectivity index (χ1) is 24.3. The van der Waals surface area contributed by atoms with Crippen molar-refractivity contribution in [3.8, 4) is 22.3 Å². The van der Waals surface area contributed by atoms with E-state index in [9.17, 15) is 0 Å². The Morgan fingerprint density at radius 3 is 2.00 bits per heavy atom. The third-order valence-electron chi connectivity index (χ3n) is 9.65. The fraction of sp³-hybridized carbons (Fsp3) is 0. The highest BCUT2D eigenvalue weighted by molar-refractivity contribution is 7.25. The average molecular weight is 644 g/mol. The summed E-state index contributed by atoms with van der Waals surface area (Å²) in [6.45, 7) is 0. The van der Waals surface area contributed by atoms with Gasteiger partial charge in [-0.15, -0.1) is 11.3 Å². The van der Waals surface area contributed by atoms with Gasteiger partial charge >= 0.3 is 0 Å². The van der Waals surface area contributed by atoms with Gasteiger partial charge in [-0.05, 0) is 81.6 Å². The van der Waals surface area contributed by atoms with E-state index >= 15 is 0 Å². The maximum Gasteiger partial charge on any atom is 0.159 e. The van der Waals surface area contributed by atoms with E-state index in [1.807, 2.05) is 17.4 Å². The van der Waals surface area contributed by atoms with Crippen molar-refractivity contribution >= 4 is 81.3 Å². The number of nitrogens with zero attached hydrogens (tertiary/aromatic N) is 1. The first-order valence-electron chi connectivity index (χ1n) is 16.6. The molecule has 3 heteroatoms. The van der Waals surface area contributed by atoms with E-state index in [1.165, 1.54) is 47.6 Å². The molecular weight excluding hydrogens is 615 g/mol. The van der Waals surface area contributed by atoms with Crippen LogP contribution in [0.25, 0.3) is 75.1 Å². The molecular formula is C46H29NOS. The molecule has 0 atom stereocenters. The van der Waals surface area contributed by atoms with Crippen molar-refractivity contribution in [3.05, 3.63) is 176 Å². The Bertz CT molecular complexity index is 2850. The van der Waals surface area contributed by atoms with Crippen LogP contribution in [0.1, 0.15) is 0 Å². The minimum absolute atomic E-state index is 0.878. The van der Waals surface area contributed by atoms with Crippen molar-refractivity contribution in [2.24, 2.45) is 0 Å². The van der Waals surface area contributed by atoms with Crippen LogP contribution in [0.4, 0.5) is 17.1 Å². The van der Waals surface area contributed by atoms with E-state index < -0.39 is 0 Å². The molecule has 0 aliphatic carbocycles. The van der Waals surface area contributed by atoms with Gasteiger partial charge in [0.1, 0.15) is 5.58 Å². The van der Waals surface area contributed by atoms with Crippen LogP contribution < -0.4 is 4.90 Å². The molecule has 49 heavy (non-hydrogen) atoms. The Morgan fingerprint density at radius 1 is 0.408 bits per heavy atom. The summed E-state index contributed by atoms with van der Waals surface area (Å²) in [6, 6.07) is 63.2. The lowest BCUT2D eigenvalue weighted by Gasteiger charge is -2.26. The maximum absolute atomic E-state index is 6.62. The standard InChI is InChI=1S/C46H29NOS/c1-2-17-36-30(11-1)12-9-20-37(36)33-15-7-13-31(27-33)32-14-8-16-34(28-32)47(35-25-26-40-39-19-4-6-24-44(39)49-45(40)29-35)42-22-10-21-41-38-18-3-5-23-43(38)48-46(41)42/h1-29H. The van der Waals surface area contributed by atoms with E-state index in [1.54, 1.807) is 0 Å². The second-order valence-electron chi connectivity index (χ2n) is 12.5. The second-order valence-corrected chi connectivity index (χ2v) is 13.6. The van der Waals surface area contributed by atoms with E-state index in [2.05, 4.69) is 175 Å². The Morgan fingerprint density at radius 2 is 1.06 bits per heavy atom. The SMILES string of the molecule is c1cc(-c2cccc(N(c3ccc4c(c3)sc3ccccc34)c3cccc4c3oc3ccccc34)c2)cc(-c2cccc3ccccc23)c1. The molecule has 0 radical (unpaired) electrons. The third-order valence-corrected chi connectivity index (χ3v) is 10.8. The van der Waals surface area contributed by atoms with E-state index in [0.717, 1.165) is 44.6 Å². The zero-order chi connectivity index (χ0) is 32.3. The van der Waals surface area contributed by atoms with Gasteiger partial charge in [0.15, 0.2) is 5.58 Å². The number of rotatable bonds is 5. The molecule has 0 aliphatic heterocycles. The van der Waals surface area contributed by atoms with Crippen molar-refractivity contribution in [3.63, 3.8) is 0 Å². The molecule has 0 fully saturated rings. The van der Waals surface area contributed by atoms with Crippen molar-refractivity contribution < 1.29 is 4.42 Å². The summed E-state index contributed by atoms with van der Waals surface area (Å²) in [5, 5.41) is 7.33. The quantitative estimate of drug-likeness (QED) is 0.186. The Labute approximate surface area is 287 Å². The minimum atomic E-state index is 0.878. The topological polar surface area (TPSA) is 16.4 Å². The van der Waals surface area contributed by atoms with Crippen molar-refractivity contribution in [2.75, 3.05) is 4.90 Å². The number of benzene rings is 8. The first kappa shape index (κ1) is 27.9. The molecule has 10 aromatic rings. The van der Waals surface area contributed by atoms with Crippen molar-refractivity contribution in [1.82, 2.24) is 0 Å². The van der Waals surface area contributed by atoms with E-state index in [4.69, 9.17) is 4.42 Å². The summed E-state index contributed by atoms with van der Waals surface area (Å²) < 4.78 is 9.18.